The van der Waals surface area contributed by atoms with Gasteiger partial charge in [0.2, 0.25) is 0 Å². The molecule has 0 aliphatic carbocycles. The number of carbonyl (C=O) groups is 1. The second-order valence-corrected chi connectivity index (χ2v) is 5.44. The minimum Gasteiger partial charge on any atom is -0.444 e. The molecule has 1 N–H and O–H groups in total. The maximum Gasteiger partial charge on any atom is 0.410 e. The molecule has 2 rings (SSSR count). The van der Waals surface area contributed by atoms with Gasteiger partial charge in [-0.15, -0.1) is 0 Å². The van der Waals surface area contributed by atoms with E-state index in [-0.39, 0.29) is 12.7 Å². The molecule has 0 spiro atoms. The molecule has 0 bridgehead atoms. The van der Waals surface area contributed by atoms with Gasteiger partial charge in [-0.3, -0.25) is 9.88 Å². The van der Waals surface area contributed by atoms with E-state index in [9.17, 15) is 4.79 Å². The van der Waals surface area contributed by atoms with Gasteiger partial charge in [0.15, 0.2) is 0 Å². The summed E-state index contributed by atoms with van der Waals surface area (Å²) in [6.45, 7) is 14.5. The van der Waals surface area contributed by atoms with Crippen molar-refractivity contribution < 1.29 is 14.6 Å². The summed E-state index contributed by atoms with van der Waals surface area (Å²) >= 11 is 0. The predicted octanol–water partition coefficient (Wildman–Crippen LogP) is 3.88. The van der Waals surface area contributed by atoms with Gasteiger partial charge >= 0.3 is 6.09 Å². The zero-order valence-electron chi connectivity index (χ0n) is 14.9. The lowest BCUT2D eigenvalue weighted by atomic mass is 10.2. The van der Waals surface area contributed by atoms with Crippen LogP contribution in [0.15, 0.2) is 12.3 Å². The second kappa shape index (κ2) is 9.41. The molecule has 1 aromatic heterocycles. The zero-order valence-corrected chi connectivity index (χ0v) is 14.9. The summed E-state index contributed by atoms with van der Waals surface area (Å²) in [5.74, 6) is 0. The van der Waals surface area contributed by atoms with E-state index in [1.807, 2.05) is 54.5 Å². The van der Waals surface area contributed by atoms with Crippen LogP contribution in [0.1, 0.15) is 65.3 Å². The van der Waals surface area contributed by atoms with E-state index in [1.54, 1.807) is 11.1 Å². The molecule has 2 heterocycles. The molecule has 1 aliphatic rings. The lowest BCUT2D eigenvalue weighted by molar-refractivity contribution is 0.0240. The highest BCUT2D eigenvalue weighted by Gasteiger charge is 2.28. The molecule has 0 saturated heterocycles. The zero-order chi connectivity index (χ0) is 17.3. The second-order valence-electron chi connectivity index (χ2n) is 5.44. The standard InChI is InChI=1S/C13H18N2O3.2C2H6/c1-13(2,3)18-12(17)15-6-10-4-9(8-16)5-14-11(10)7-15;2*1-2/h4-5,16H,6-8H2,1-3H3;2*1-2H3. The van der Waals surface area contributed by atoms with E-state index in [1.165, 1.54) is 0 Å². The van der Waals surface area contributed by atoms with Crippen molar-refractivity contribution in [1.29, 1.82) is 0 Å². The molecule has 1 aliphatic heterocycles. The number of pyridine rings is 1. The molecule has 0 aromatic carbocycles. The smallest absolute Gasteiger partial charge is 0.410 e. The largest absolute Gasteiger partial charge is 0.444 e. The van der Waals surface area contributed by atoms with Crippen LogP contribution in [0.5, 0.6) is 0 Å². The van der Waals surface area contributed by atoms with Gasteiger partial charge in [0.1, 0.15) is 5.60 Å². The average molecular weight is 310 g/mol. The van der Waals surface area contributed by atoms with Crippen LogP contribution in [0.25, 0.3) is 0 Å². The maximum atomic E-state index is 11.9. The third kappa shape index (κ3) is 6.02. The number of amides is 1. The van der Waals surface area contributed by atoms with Crippen molar-refractivity contribution in [2.24, 2.45) is 0 Å². The van der Waals surface area contributed by atoms with E-state index in [2.05, 4.69) is 4.98 Å². The summed E-state index contributed by atoms with van der Waals surface area (Å²) in [6.07, 6.45) is 1.31. The van der Waals surface area contributed by atoms with E-state index in [4.69, 9.17) is 9.84 Å². The molecule has 22 heavy (non-hydrogen) atoms. The van der Waals surface area contributed by atoms with Crippen molar-refractivity contribution in [3.63, 3.8) is 0 Å². The van der Waals surface area contributed by atoms with Gasteiger partial charge in [-0.1, -0.05) is 27.7 Å². The number of aliphatic hydroxyl groups is 1. The molecule has 1 amide bonds. The van der Waals surface area contributed by atoms with Gasteiger partial charge in [0.05, 0.1) is 25.4 Å². The summed E-state index contributed by atoms with van der Waals surface area (Å²) < 4.78 is 5.32. The first kappa shape index (κ1) is 20.4. The maximum absolute atomic E-state index is 11.9. The van der Waals surface area contributed by atoms with Crippen LogP contribution in [-0.2, 0) is 24.4 Å². The Labute approximate surface area is 134 Å². The topological polar surface area (TPSA) is 62.7 Å². The number of hydrogen-bond donors (Lipinski definition) is 1. The molecule has 126 valence electrons. The van der Waals surface area contributed by atoms with Crippen LogP contribution in [0.2, 0.25) is 0 Å². The molecule has 0 unspecified atom stereocenters. The van der Waals surface area contributed by atoms with Crippen molar-refractivity contribution in [3.05, 3.63) is 29.1 Å². The molecule has 0 radical (unpaired) electrons. The molecule has 5 heteroatoms. The first-order chi connectivity index (χ1) is 10.4. The Bertz CT molecular complexity index is 467. The number of aromatic nitrogens is 1. The Morgan fingerprint density at radius 2 is 1.86 bits per heavy atom. The average Bonchev–Trinajstić information content (AvgIpc) is 2.92. The predicted molar refractivity (Wildman–Crippen MR) is 88.3 cm³/mol. The van der Waals surface area contributed by atoms with E-state index in [0.717, 1.165) is 16.8 Å². The fraction of sp³-hybridized carbons (Fsp3) is 0.647. The van der Waals surface area contributed by atoms with Crippen LogP contribution in [0.4, 0.5) is 4.79 Å². The number of rotatable bonds is 1. The van der Waals surface area contributed by atoms with Gasteiger partial charge in [-0.05, 0) is 38.0 Å². The minimum atomic E-state index is -0.491. The number of nitrogens with zero attached hydrogens (tertiary/aromatic N) is 2. The van der Waals surface area contributed by atoms with E-state index in [0.29, 0.717) is 13.1 Å². The van der Waals surface area contributed by atoms with Crippen LogP contribution in [0.3, 0.4) is 0 Å². The molecule has 0 atom stereocenters. The number of aliphatic hydroxyl groups excluding tert-OH is 1. The number of ether oxygens (including phenoxy) is 1. The van der Waals surface area contributed by atoms with Crippen molar-refractivity contribution in [1.82, 2.24) is 9.88 Å². The van der Waals surface area contributed by atoms with Crippen LogP contribution in [-0.4, -0.2) is 26.7 Å². The first-order valence-electron chi connectivity index (χ1n) is 7.94. The van der Waals surface area contributed by atoms with Crippen LogP contribution in [0, 0.1) is 0 Å². The normalized spacial score (nSPS) is 12.5. The minimum absolute atomic E-state index is 0.0350. The van der Waals surface area contributed by atoms with E-state index < -0.39 is 5.60 Å². The fourth-order valence-electron chi connectivity index (χ4n) is 1.85. The molecular formula is C17H30N2O3. The van der Waals surface area contributed by atoms with Gasteiger partial charge in [-0.25, -0.2) is 4.79 Å². The van der Waals surface area contributed by atoms with Gasteiger partial charge in [0, 0.05) is 6.20 Å². The number of carbonyl (C=O) groups excluding carboxylic acids is 1. The third-order valence-corrected chi connectivity index (χ3v) is 2.65. The lowest BCUT2D eigenvalue weighted by Crippen LogP contribution is -2.33. The monoisotopic (exact) mass is 310 g/mol. The number of hydrogen-bond acceptors (Lipinski definition) is 4. The first-order valence-corrected chi connectivity index (χ1v) is 7.94. The Morgan fingerprint density at radius 1 is 1.27 bits per heavy atom. The van der Waals surface area contributed by atoms with Crippen LogP contribution >= 0.6 is 0 Å². The molecule has 5 nitrogen and oxygen atoms in total. The summed E-state index contributed by atoms with van der Waals surface area (Å²) in [5, 5.41) is 9.05. The Hall–Kier alpha value is -1.62. The van der Waals surface area contributed by atoms with Gasteiger partial charge in [0.25, 0.3) is 0 Å². The highest BCUT2D eigenvalue weighted by molar-refractivity contribution is 5.69. The molecular weight excluding hydrogens is 280 g/mol. The third-order valence-electron chi connectivity index (χ3n) is 2.65. The van der Waals surface area contributed by atoms with E-state index >= 15 is 0 Å². The van der Waals surface area contributed by atoms with Gasteiger partial charge < -0.3 is 9.84 Å². The molecule has 0 fully saturated rings. The SMILES string of the molecule is CC.CC.CC(C)(C)OC(=O)N1Cc2cc(CO)cnc2C1. The fourth-order valence-corrected chi connectivity index (χ4v) is 1.85. The molecule has 1 aromatic rings. The van der Waals surface area contributed by atoms with Crippen molar-refractivity contribution in [3.8, 4) is 0 Å². The van der Waals surface area contributed by atoms with Crippen molar-refractivity contribution in [2.75, 3.05) is 0 Å². The molecule has 0 saturated carbocycles. The summed E-state index contributed by atoms with van der Waals surface area (Å²) in [7, 11) is 0. The Balaban J connectivity index is 0.00000102. The summed E-state index contributed by atoms with van der Waals surface area (Å²) in [6, 6.07) is 1.88. The van der Waals surface area contributed by atoms with Crippen LogP contribution < -0.4 is 0 Å². The lowest BCUT2D eigenvalue weighted by Gasteiger charge is -2.23. The quantitative estimate of drug-likeness (QED) is 0.855. The van der Waals surface area contributed by atoms with Crippen molar-refractivity contribution in [2.45, 2.75) is 73.8 Å². The number of fused-ring (bicyclic) bond motifs is 1. The summed E-state index contributed by atoms with van der Waals surface area (Å²) in [4.78, 5) is 17.8. The Kier molecular flexibility index (Phi) is 8.72. The Morgan fingerprint density at radius 3 is 2.36 bits per heavy atom. The highest BCUT2D eigenvalue weighted by Crippen LogP contribution is 2.23. The van der Waals surface area contributed by atoms with Gasteiger partial charge in [-0.2, -0.15) is 0 Å². The van der Waals surface area contributed by atoms with Crippen molar-refractivity contribution >= 4 is 6.09 Å². The highest BCUT2D eigenvalue weighted by atomic mass is 16.6. The summed E-state index contributed by atoms with van der Waals surface area (Å²) in [5.41, 5.74) is 2.13.